The van der Waals surface area contributed by atoms with Gasteiger partial charge in [0, 0.05) is 4.47 Å². The number of hydrogen-bond donors (Lipinski definition) is 0. The van der Waals surface area contributed by atoms with E-state index in [2.05, 4.69) is 35.8 Å². The molecule has 0 saturated heterocycles. The van der Waals surface area contributed by atoms with Gasteiger partial charge in [-0.25, -0.2) is 0 Å². The van der Waals surface area contributed by atoms with E-state index in [1.54, 1.807) is 7.11 Å². The highest BCUT2D eigenvalue weighted by Gasteiger charge is 2.39. The van der Waals surface area contributed by atoms with Gasteiger partial charge in [-0.05, 0) is 41.9 Å². The van der Waals surface area contributed by atoms with Crippen LogP contribution in [0.5, 0.6) is 5.75 Å². The standard InChI is InChI=1S/C15H20BrClO/c1-15(2)8-4-5-12(15)14(17)11-7-6-10(18-3)9-13(11)16/h6-7,9,12,14H,4-5,8H2,1-3H3. The van der Waals surface area contributed by atoms with Gasteiger partial charge in [0.15, 0.2) is 0 Å². The zero-order valence-corrected chi connectivity index (χ0v) is 13.5. The van der Waals surface area contributed by atoms with Crippen LogP contribution in [0, 0.1) is 11.3 Å². The van der Waals surface area contributed by atoms with Gasteiger partial charge in [0.25, 0.3) is 0 Å². The average molecular weight is 332 g/mol. The van der Waals surface area contributed by atoms with Crippen LogP contribution in [0.4, 0.5) is 0 Å². The summed E-state index contributed by atoms with van der Waals surface area (Å²) in [4.78, 5) is 0. The summed E-state index contributed by atoms with van der Waals surface area (Å²) >= 11 is 10.3. The lowest BCUT2D eigenvalue weighted by atomic mass is 9.78. The summed E-state index contributed by atoms with van der Waals surface area (Å²) in [6, 6.07) is 6.05. The van der Waals surface area contributed by atoms with Gasteiger partial charge in [-0.1, -0.05) is 42.3 Å². The van der Waals surface area contributed by atoms with E-state index in [1.165, 1.54) is 24.8 Å². The first-order valence-corrected chi connectivity index (χ1v) is 7.66. The number of hydrogen-bond acceptors (Lipinski definition) is 1. The summed E-state index contributed by atoms with van der Waals surface area (Å²) in [5, 5.41) is 0.0720. The number of benzene rings is 1. The van der Waals surface area contributed by atoms with Crippen molar-refractivity contribution >= 4 is 27.5 Å². The minimum atomic E-state index is 0.0720. The van der Waals surface area contributed by atoms with E-state index in [4.69, 9.17) is 16.3 Å². The van der Waals surface area contributed by atoms with Crippen LogP contribution in [0.1, 0.15) is 44.1 Å². The van der Waals surface area contributed by atoms with Crippen LogP contribution in [0.3, 0.4) is 0 Å². The summed E-state index contributed by atoms with van der Waals surface area (Å²) < 4.78 is 6.27. The summed E-state index contributed by atoms with van der Waals surface area (Å²) in [7, 11) is 1.68. The summed E-state index contributed by atoms with van der Waals surface area (Å²) in [5.74, 6) is 1.41. The quantitative estimate of drug-likeness (QED) is 0.658. The summed E-state index contributed by atoms with van der Waals surface area (Å²) in [6.07, 6.45) is 3.78. The van der Waals surface area contributed by atoms with E-state index in [-0.39, 0.29) is 5.38 Å². The third-order valence-electron chi connectivity index (χ3n) is 4.20. The molecule has 0 amide bonds. The van der Waals surface area contributed by atoms with Gasteiger partial charge in [-0.2, -0.15) is 0 Å². The van der Waals surface area contributed by atoms with Crippen molar-refractivity contribution in [3.63, 3.8) is 0 Å². The van der Waals surface area contributed by atoms with Crippen molar-refractivity contribution in [2.45, 2.75) is 38.5 Å². The Balaban J connectivity index is 2.26. The molecule has 2 rings (SSSR count). The lowest BCUT2D eigenvalue weighted by molar-refractivity contribution is 0.252. The fourth-order valence-corrected chi connectivity index (χ4v) is 4.36. The van der Waals surface area contributed by atoms with E-state index in [0.717, 1.165) is 10.2 Å². The molecule has 1 fully saturated rings. The van der Waals surface area contributed by atoms with Gasteiger partial charge >= 0.3 is 0 Å². The van der Waals surface area contributed by atoms with Crippen molar-refractivity contribution in [2.24, 2.45) is 11.3 Å². The molecule has 3 heteroatoms. The van der Waals surface area contributed by atoms with Gasteiger partial charge in [0.05, 0.1) is 12.5 Å². The molecule has 2 atom stereocenters. The number of ether oxygens (including phenoxy) is 1. The molecule has 2 unspecified atom stereocenters. The third-order valence-corrected chi connectivity index (χ3v) is 5.42. The number of methoxy groups -OCH3 is 1. The molecule has 18 heavy (non-hydrogen) atoms. The molecule has 0 spiro atoms. The van der Waals surface area contributed by atoms with E-state index in [1.807, 2.05) is 12.1 Å². The second-order valence-electron chi connectivity index (χ2n) is 5.78. The minimum absolute atomic E-state index is 0.0720. The van der Waals surface area contributed by atoms with Crippen LogP contribution in [0.2, 0.25) is 0 Å². The highest BCUT2D eigenvalue weighted by Crippen LogP contribution is 2.52. The van der Waals surface area contributed by atoms with E-state index in [0.29, 0.717) is 11.3 Å². The Bertz CT molecular complexity index is 431. The van der Waals surface area contributed by atoms with Gasteiger partial charge in [-0.3, -0.25) is 0 Å². The fraction of sp³-hybridized carbons (Fsp3) is 0.600. The van der Waals surface area contributed by atoms with E-state index in [9.17, 15) is 0 Å². The molecule has 0 radical (unpaired) electrons. The maximum atomic E-state index is 6.73. The maximum Gasteiger partial charge on any atom is 0.120 e. The highest BCUT2D eigenvalue weighted by atomic mass is 79.9. The zero-order chi connectivity index (χ0) is 13.3. The first-order valence-electron chi connectivity index (χ1n) is 6.43. The Hall–Kier alpha value is -0.210. The van der Waals surface area contributed by atoms with Crippen LogP contribution >= 0.6 is 27.5 Å². The molecular formula is C15H20BrClO. The smallest absolute Gasteiger partial charge is 0.120 e. The molecular weight excluding hydrogens is 312 g/mol. The molecule has 1 aliphatic carbocycles. The van der Waals surface area contributed by atoms with Crippen LogP contribution in [0.15, 0.2) is 22.7 Å². The number of alkyl halides is 1. The van der Waals surface area contributed by atoms with Crippen molar-refractivity contribution in [1.82, 2.24) is 0 Å². The normalized spacial score (nSPS) is 23.9. The predicted octanol–water partition coefficient (Wildman–Crippen LogP) is 5.56. The Morgan fingerprint density at radius 1 is 1.44 bits per heavy atom. The third kappa shape index (κ3) is 2.70. The first-order chi connectivity index (χ1) is 8.45. The average Bonchev–Trinajstić information content (AvgIpc) is 2.68. The summed E-state index contributed by atoms with van der Waals surface area (Å²) in [5.41, 5.74) is 1.52. The molecule has 0 N–H and O–H groups in total. The van der Waals surface area contributed by atoms with Crippen molar-refractivity contribution in [3.05, 3.63) is 28.2 Å². The lowest BCUT2D eigenvalue weighted by Gasteiger charge is -2.31. The Labute approximate surface area is 123 Å². The maximum absolute atomic E-state index is 6.73. The van der Waals surface area contributed by atoms with Crippen molar-refractivity contribution in [2.75, 3.05) is 7.11 Å². The Morgan fingerprint density at radius 3 is 2.67 bits per heavy atom. The van der Waals surface area contributed by atoms with Gasteiger partial charge in [-0.15, -0.1) is 11.6 Å². The van der Waals surface area contributed by atoms with E-state index >= 15 is 0 Å². The Morgan fingerprint density at radius 2 is 2.17 bits per heavy atom. The van der Waals surface area contributed by atoms with Crippen LogP contribution in [-0.4, -0.2) is 7.11 Å². The minimum Gasteiger partial charge on any atom is -0.497 e. The van der Waals surface area contributed by atoms with E-state index < -0.39 is 0 Å². The zero-order valence-electron chi connectivity index (χ0n) is 11.2. The molecule has 0 aliphatic heterocycles. The molecule has 0 bridgehead atoms. The largest absolute Gasteiger partial charge is 0.497 e. The molecule has 1 aromatic rings. The van der Waals surface area contributed by atoms with Gasteiger partial charge in [0.2, 0.25) is 0 Å². The molecule has 1 nitrogen and oxygen atoms in total. The van der Waals surface area contributed by atoms with Crippen molar-refractivity contribution < 1.29 is 4.74 Å². The second-order valence-corrected chi connectivity index (χ2v) is 7.10. The van der Waals surface area contributed by atoms with Crippen LogP contribution < -0.4 is 4.74 Å². The molecule has 0 heterocycles. The lowest BCUT2D eigenvalue weighted by Crippen LogP contribution is -2.21. The fourth-order valence-electron chi connectivity index (χ4n) is 2.97. The van der Waals surface area contributed by atoms with Crippen molar-refractivity contribution in [3.8, 4) is 5.75 Å². The Kier molecular flexibility index (Phi) is 4.28. The SMILES string of the molecule is COc1ccc(C(Cl)C2CCCC2(C)C)c(Br)c1. The molecule has 1 aromatic carbocycles. The predicted molar refractivity (Wildman–Crippen MR) is 80.4 cm³/mol. The first kappa shape index (κ1) is 14.2. The highest BCUT2D eigenvalue weighted by molar-refractivity contribution is 9.10. The van der Waals surface area contributed by atoms with Crippen molar-refractivity contribution in [1.29, 1.82) is 0 Å². The van der Waals surface area contributed by atoms with Gasteiger partial charge < -0.3 is 4.74 Å². The van der Waals surface area contributed by atoms with Crippen LogP contribution in [0.25, 0.3) is 0 Å². The molecule has 100 valence electrons. The number of halogens is 2. The van der Waals surface area contributed by atoms with Gasteiger partial charge in [0.1, 0.15) is 5.75 Å². The summed E-state index contributed by atoms with van der Waals surface area (Å²) in [6.45, 7) is 4.66. The monoisotopic (exact) mass is 330 g/mol. The molecule has 0 aromatic heterocycles. The topological polar surface area (TPSA) is 9.23 Å². The van der Waals surface area contributed by atoms with Crippen LogP contribution in [-0.2, 0) is 0 Å². The molecule has 1 saturated carbocycles. The second kappa shape index (κ2) is 5.42. The number of rotatable bonds is 3. The molecule has 1 aliphatic rings.